The Morgan fingerprint density at radius 2 is 1.96 bits per heavy atom. The Balaban J connectivity index is 2.01. The second-order valence-electron chi connectivity index (χ2n) is 5.91. The van der Waals surface area contributed by atoms with E-state index in [4.69, 9.17) is 9.84 Å². The lowest BCUT2D eigenvalue weighted by Crippen LogP contribution is -2.44. The number of carbonyl (C=O) groups is 2. The minimum absolute atomic E-state index is 0.0596. The Hall–Kier alpha value is -2.41. The van der Waals surface area contributed by atoms with Crippen LogP contribution in [-0.2, 0) is 16.0 Å². The molecule has 1 unspecified atom stereocenters. The molecule has 2 aromatic rings. The van der Waals surface area contributed by atoms with E-state index in [0.717, 1.165) is 16.3 Å². The number of amides is 1. The van der Waals surface area contributed by atoms with Gasteiger partial charge < -0.3 is 15.2 Å². The number of thiazole rings is 1. The molecule has 0 aliphatic carbocycles. The molecule has 2 N–H and O–H groups in total. The van der Waals surface area contributed by atoms with E-state index in [9.17, 15) is 9.59 Å². The van der Waals surface area contributed by atoms with Gasteiger partial charge in [-0.2, -0.15) is 0 Å². The third-order valence-corrected chi connectivity index (χ3v) is 4.50. The molecule has 0 bridgehead atoms. The summed E-state index contributed by atoms with van der Waals surface area (Å²) in [6.45, 7) is 6.06. The van der Waals surface area contributed by atoms with Crippen molar-refractivity contribution in [1.82, 2.24) is 10.3 Å². The van der Waals surface area contributed by atoms with E-state index < -0.39 is 12.0 Å². The maximum atomic E-state index is 12.1. The quantitative estimate of drug-likeness (QED) is 0.754. The lowest BCUT2D eigenvalue weighted by Gasteiger charge is -2.17. The molecule has 0 radical (unpaired) electrons. The molecule has 0 aliphatic heterocycles. The Bertz CT molecular complexity index is 725. The van der Waals surface area contributed by atoms with Gasteiger partial charge in [0.2, 0.25) is 5.91 Å². The minimum Gasteiger partial charge on any atom is -0.494 e. The van der Waals surface area contributed by atoms with Gasteiger partial charge in [-0.3, -0.25) is 4.79 Å². The number of carbonyl (C=O) groups excluding carboxylic acids is 1. The summed E-state index contributed by atoms with van der Waals surface area (Å²) >= 11 is 1.45. The number of carboxylic acids is 1. The topological polar surface area (TPSA) is 88.5 Å². The van der Waals surface area contributed by atoms with Crippen molar-refractivity contribution in [2.75, 3.05) is 6.61 Å². The van der Waals surface area contributed by atoms with Crippen molar-refractivity contribution in [3.8, 4) is 16.3 Å². The molecular weight excluding hydrogens is 340 g/mol. The van der Waals surface area contributed by atoms with E-state index in [-0.39, 0.29) is 18.2 Å². The van der Waals surface area contributed by atoms with E-state index in [1.807, 2.05) is 36.6 Å². The zero-order valence-electron chi connectivity index (χ0n) is 14.5. The molecule has 1 aromatic carbocycles. The maximum absolute atomic E-state index is 12.1. The van der Waals surface area contributed by atoms with Crippen LogP contribution >= 0.6 is 11.3 Å². The van der Waals surface area contributed by atoms with Crippen LogP contribution in [-0.4, -0.2) is 34.6 Å². The van der Waals surface area contributed by atoms with Gasteiger partial charge in [-0.25, -0.2) is 9.78 Å². The number of ether oxygens (including phenoxy) is 1. The molecule has 134 valence electrons. The Labute approximate surface area is 150 Å². The van der Waals surface area contributed by atoms with Crippen molar-refractivity contribution in [1.29, 1.82) is 0 Å². The molecule has 0 saturated heterocycles. The summed E-state index contributed by atoms with van der Waals surface area (Å²) in [6.07, 6.45) is 0.0596. The minimum atomic E-state index is -1.03. The maximum Gasteiger partial charge on any atom is 0.326 e. The summed E-state index contributed by atoms with van der Waals surface area (Å²) in [5.41, 5.74) is 1.57. The van der Waals surface area contributed by atoms with Crippen LogP contribution in [0.5, 0.6) is 5.75 Å². The highest BCUT2D eigenvalue weighted by molar-refractivity contribution is 7.13. The van der Waals surface area contributed by atoms with Crippen LogP contribution in [0.1, 0.15) is 26.5 Å². The van der Waals surface area contributed by atoms with Crippen molar-refractivity contribution in [2.45, 2.75) is 33.2 Å². The molecule has 1 heterocycles. The SMILES string of the molecule is CCOc1ccc(-c2nc(CC(=O)NC(C(=O)O)C(C)C)cs2)cc1. The van der Waals surface area contributed by atoms with Crippen molar-refractivity contribution in [2.24, 2.45) is 5.92 Å². The molecular formula is C18H22N2O4S. The van der Waals surface area contributed by atoms with Gasteiger partial charge in [-0.15, -0.1) is 11.3 Å². The van der Waals surface area contributed by atoms with Gasteiger partial charge in [0.25, 0.3) is 0 Å². The second-order valence-corrected chi connectivity index (χ2v) is 6.76. The molecule has 0 saturated carbocycles. The molecule has 1 amide bonds. The average molecular weight is 362 g/mol. The van der Waals surface area contributed by atoms with Crippen molar-refractivity contribution >= 4 is 23.2 Å². The van der Waals surface area contributed by atoms with Crippen molar-refractivity contribution in [3.05, 3.63) is 35.3 Å². The Morgan fingerprint density at radius 3 is 2.52 bits per heavy atom. The zero-order valence-corrected chi connectivity index (χ0v) is 15.3. The van der Waals surface area contributed by atoms with Gasteiger partial charge in [0, 0.05) is 10.9 Å². The molecule has 6 nitrogen and oxygen atoms in total. The molecule has 0 spiro atoms. The van der Waals surface area contributed by atoms with Crippen LogP contribution in [0, 0.1) is 5.92 Å². The first-order chi connectivity index (χ1) is 11.9. The molecule has 2 rings (SSSR count). The van der Waals surface area contributed by atoms with Gasteiger partial charge in [-0.05, 0) is 37.1 Å². The lowest BCUT2D eigenvalue weighted by molar-refractivity contribution is -0.143. The highest BCUT2D eigenvalue weighted by Gasteiger charge is 2.23. The van der Waals surface area contributed by atoms with Gasteiger partial charge >= 0.3 is 5.97 Å². The van der Waals surface area contributed by atoms with Crippen LogP contribution in [0.3, 0.4) is 0 Å². The molecule has 25 heavy (non-hydrogen) atoms. The first kappa shape index (κ1) is 18.9. The molecule has 1 atom stereocenters. The van der Waals surface area contributed by atoms with E-state index >= 15 is 0 Å². The fourth-order valence-corrected chi connectivity index (χ4v) is 3.11. The number of benzene rings is 1. The highest BCUT2D eigenvalue weighted by Crippen LogP contribution is 2.26. The lowest BCUT2D eigenvalue weighted by atomic mass is 10.0. The number of rotatable bonds is 8. The number of hydrogen-bond acceptors (Lipinski definition) is 5. The number of hydrogen-bond donors (Lipinski definition) is 2. The first-order valence-corrected chi connectivity index (χ1v) is 8.98. The molecule has 7 heteroatoms. The van der Waals surface area contributed by atoms with Gasteiger partial charge in [0.05, 0.1) is 18.7 Å². The standard InChI is InChI=1S/C18H22N2O4S/c1-4-24-14-7-5-12(6-8-14)17-19-13(10-25-17)9-15(21)20-16(11(2)3)18(22)23/h5-8,10-11,16H,4,9H2,1-3H3,(H,20,21)(H,22,23). The first-order valence-electron chi connectivity index (χ1n) is 8.10. The number of carboxylic acid groups (broad SMARTS) is 1. The van der Waals surface area contributed by atoms with E-state index in [1.54, 1.807) is 13.8 Å². The summed E-state index contributed by atoms with van der Waals surface area (Å²) < 4.78 is 5.41. The van der Waals surface area contributed by atoms with Crippen LogP contribution in [0.15, 0.2) is 29.6 Å². The fourth-order valence-electron chi connectivity index (χ4n) is 2.28. The summed E-state index contributed by atoms with van der Waals surface area (Å²) in [5, 5.41) is 14.3. The Kier molecular flexibility index (Phi) is 6.52. The van der Waals surface area contributed by atoms with Crippen LogP contribution < -0.4 is 10.1 Å². The van der Waals surface area contributed by atoms with Crippen LogP contribution in [0.25, 0.3) is 10.6 Å². The van der Waals surface area contributed by atoms with Gasteiger partial charge in [0.15, 0.2) is 0 Å². The largest absolute Gasteiger partial charge is 0.494 e. The highest BCUT2D eigenvalue weighted by atomic mass is 32.1. The predicted octanol–water partition coefficient (Wildman–Crippen LogP) is 2.98. The summed E-state index contributed by atoms with van der Waals surface area (Å²) in [5.74, 6) is -0.756. The summed E-state index contributed by atoms with van der Waals surface area (Å²) in [7, 11) is 0. The predicted molar refractivity (Wildman–Crippen MR) is 96.8 cm³/mol. The Morgan fingerprint density at radius 1 is 1.28 bits per heavy atom. The molecule has 1 aromatic heterocycles. The smallest absolute Gasteiger partial charge is 0.326 e. The van der Waals surface area contributed by atoms with Crippen molar-refractivity contribution in [3.63, 3.8) is 0 Å². The van der Waals surface area contributed by atoms with Gasteiger partial charge in [-0.1, -0.05) is 13.8 Å². The third kappa shape index (κ3) is 5.29. The fraction of sp³-hybridized carbons (Fsp3) is 0.389. The summed E-state index contributed by atoms with van der Waals surface area (Å²) in [4.78, 5) is 27.7. The van der Waals surface area contributed by atoms with Crippen molar-refractivity contribution < 1.29 is 19.4 Å². The number of nitrogens with one attached hydrogen (secondary N) is 1. The second kappa shape index (κ2) is 8.62. The van der Waals surface area contributed by atoms with E-state index in [2.05, 4.69) is 10.3 Å². The molecule has 0 aliphatic rings. The summed E-state index contributed by atoms with van der Waals surface area (Å²) in [6, 6.07) is 6.72. The molecule has 0 fully saturated rings. The third-order valence-electron chi connectivity index (χ3n) is 3.55. The monoisotopic (exact) mass is 362 g/mol. The number of aliphatic carboxylic acids is 1. The van der Waals surface area contributed by atoms with E-state index in [1.165, 1.54) is 11.3 Å². The average Bonchev–Trinajstić information content (AvgIpc) is 3.01. The zero-order chi connectivity index (χ0) is 18.4. The van der Waals surface area contributed by atoms with Crippen LogP contribution in [0.2, 0.25) is 0 Å². The number of aromatic nitrogens is 1. The number of nitrogens with zero attached hydrogens (tertiary/aromatic N) is 1. The van der Waals surface area contributed by atoms with E-state index in [0.29, 0.717) is 12.3 Å². The van der Waals surface area contributed by atoms with Crippen LogP contribution in [0.4, 0.5) is 0 Å². The van der Waals surface area contributed by atoms with Gasteiger partial charge in [0.1, 0.15) is 16.8 Å². The normalized spacial score (nSPS) is 12.0.